The lowest BCUT2D eigenvalue weighted by Crippen LogP contribution is -1.97. The Morgan fingerprint density at radius 3 is 2.53 bits per heavy atom. The van der Waals surface area contributed by atoms with Crippen LogP contribution in [0.15, 0.2) is 55.1 Å². The van der Waals surface area contributed by atoms with E-state index < -0.39 is 0 Å². The molecular formula is C17H18O2. The molecule has 0 aliphatic heterocycles. The number of benzene rings is 2. The van der Waals surface area contributed by atoms with Gasteiger partial charge in [-0.2, -0.15) is 0 Å². The first-order valence-electron chi connectivity index (χ1n) is 6.24. The van der Waals surface area contributed by atoms with Gasteiger partial charge in [-0.25, -0.2) is 0 Å². The third-order valence-corrected chi connectivity index (χ3v) is 2.94. The molecule has 0 spiro atoms. The highest BCUT2D eigenvalue weighted by Crippen LogP contribution is 2.20. The number of methoxy groups -OCH3 is 1. The largest absolute Gasteiger partial charge is 0.497 e. The van der Waals surface area contributed by atoms with E-state index in [4.69, 9.17) is 9.47 Å². The molecule has 0 aliphatic rings. The molecule has 2 aromatic carbocycles. The first kappa shape index (κ1) is 13.4. The normalized spacial score (nSPS) is 10.2. The van der Waals surface area contributed by atoms with Crippen LogP contribution in [-0.2, 0) is 18.0 Å². The number of hydrogen-bond donors (Lipinski definition) is 0. The molecule has 2 heteroatoms. The molecule has 19 heavy (non-hydrogen) atoms. The first-order valence-corrected chi connectivity index (χ1v) is 6.24. The summed E-state index contributed by atoms with van der Waals surface area (Å²) in [5.74, 6) is 0.837. The second-order valence-electron chi connectivity index (χ2n) is 4.25. The summed E-state index contributed by atoms with van der Waals surface area (Å²) in [5.41, 5.74) is 3.34. The van der Waals surface area contributed by atoms with Crippen molar-refractivity contribution in [3.63, 3.8) is 0 Å². The Labute approximate surface area is 114 Å². The van der Waals surface area contributed by atoms with E-state index in [2.05, 4.69) is 18.7 Å². The molecule has 0 atom stereocenters. The molecule has 0 N–H and O–H groups in total. The van der Waals surface area contributed by atoms with Crippen LogP contribution in [0, 0.1) is 0 Å². The zero-order chi connectivity index (χ0) is 13.5. The molecule has 0 unspecified atom stereocenters. The molecule has 0 fully saturated rings. The third kappa shape index (κ3) is 3.70. The van der Waals surface area contributed by atoms with E-state index in [1.165, 1.54) is 5.56 Å². The summed E-state index contributed by atoms with van der Waals surface area (Å²) >= 11 is 0. The number of rotatable bonds is 6. The van der Waals surface area contributed by atoms with Crippen LogP contribution in [0.1, 0.15) is 16.7 Å². The molecule has 2 rings (SSSR count). The van der Waals surface area contributed by atoms with E-state index in [-0.39, 0.29) is 0 Å². The lowest BCUT2D eigenvalue weighted by atomic mass is 10.1. The minimum atomic E-state index is 0.549. The standard InChI is InChI=1S/C17H18O2/c1-3-15-9-10-17(18-2)11-16(15)13-19-12-14-7-5-4-6-8-14/h3-11H,1,12-13H2,2H3. The van der Waals surface area contributed by atoms with Crippen molar-refractivity contribution in [2.24, 2.45) is 0 Å². The van der Waals surface area contributed by atoms with Crippen molar-refractivity contribution in [3.05, 3.63) is 71.8 Å². The van der Waals surface area contributed by atoms with Gasteiger partial charge in [0.05, 0.1) is 20.3 Å². The zero-order valence-corrected chi connectivity index (χ0v) is 11.1. The molecule has 0 amide bonds. The van der Waals surface area contributed by atoms with Gasteiger partial charge in [0.2, 0.25) is 0 Å². The molecular weight excluding hydrogens is 236 g/mol. The van der Waals surface area contributed by atoms with Gasteiger partial charge in [0, 0.05) is 0 Å². The summed E-state index contributed by atoms with van der Waals surface area (Å²) in [5, 5.41) is 0. The zero-order valence-electron chi connectivity index (χ0n) is 11.1. The predicted octanol–water partition coefficient (Wildman–Crippen LogP) is 4.06. The minimum absolute atomic E-state index is 0.549. The second kappa shape index (κ2) is 6.76. The van der Waals surface area contributed by atoms with E-state index in [1.54, 1.807) is 7.11 Å². The average molecular weight is 254 g/mol. The molecule has 0 bridgehead atoms. The number of hydrogen-bond acceptors (Lipinski definition) is 2. The van der Waals surface area contributed by atoms with Gasteiger partial charge in [-0.05, 0) is 28.8 Å². The number of ether oxygens (including phenoxy) is 2. The van der Waals surface area contributed by atoms with Gasteiger partial charge in [0.25, 0.3) is 0 Å². The second-order valence-corrected chi connectivity index (χ2v) is 4.25. The molecule has 98 valence electrons. The van der Waals surface area contributed by atoms with Crippen molar-refractivity contribution >= 4 is 6.08 Å². The van der Waals surface area contributed by atoms with Crippen molar-refractivity contribution in [2.75, 3.05) is 7.11 Å². The maximum atomic E-state index is 5.74. The summed E-state index contributed by atoms with van der Waals surface area (Å²) in [6, 6.07) is 16.0. The van der Waals surface area contributed by atoms with Crippen LogP contribution in [0.25, 0.3) is 6.08 Å². The highest BCUT2D eigenvalue weighted by atomic mass is 16.5. The first-order chi connectivity index (χ1) is 9.33. The fourth-order valence-electron chi connectivity index (χ4n) is 1.89. The minimum Gasteiger partial charge on any atom is -0.497 e. The SMILES string of the molecule is C=Cc1ccc(OC)cc1COCc1ccccc1. The van der Waals surface area contributed by atoms with Crippen molar-refractivity contribution < 1.29 is 9.47 Å². The van der Waals surface area contributed by atoms with Gasteiger partial charge in [-0.15, -0.1) is 0 Å². The van der Waals surface area contributed by atoms with Gasteiger partial charge in [0.1, 0.15) is 5.75 Å². The molecule has 0 saturated carbocycles. The van der Waals surface area contributed by atoms with Crippen LogP contribution in [0.5, 0.6) is 5.75 Å². The van der Waals surface area contributed by atoms with Gasteiger partial charge in [-0.3, -0.25) is 0 Å². The molecule has 0 heterocycles. The van der Waals surface area contributed by atoms with Crippen LogP contribution >= 0.6 is 0 Å². The molecule has 2 nitrogen and oxygen atoms in total. The topological polar surface area (TPSA) is 18.5 Å². The monoisotopic (exact) mass is 254 g/mol. The molecule has 0 radical (unpaired) electrons. The summed E-state index contributed by atoms with van der Waals surface area (Å²) in [6.45, 7) is 4.97. The summed E-state index contributed by atoms with van der Waals surface area (Å²) < 4.78 is 11.0. The smallest absolute Gasteiger partial charge is 0.119 e. The summed E-state index contributed by atoms with van der Waals surface area (Å²) in [7, 11) is 1.66. The Morgan fingerprint density at radius 1 is 1.05 bits per heavy atom. The van der Waals surface area contributed by atoms with Crippen LogP contribution in [0.4, 0.5) is 0 Å². The predicted molar refractivity (Wildman–Crippen MR) is 78.0 cm³/mol. The maximum absolute atomic E-state index is 5.74. The molecule has 0 aromatic heterocycles. The summed E-state index contributed by atoms with van der Waals surface area (Å²) in [4.78, 5) is 0. The van der Waals surface area contributed by atoms with Crippen molar-refractivity contribution in [1.29, 1.82) is 0 Å². The Hall–Kier alpha value is -2.06. The quantitative estimate of drug-likeness (QED) is 0.774. The van der Waals surface area contributed by atoms with E-state index >= 15 is 0 Å². The van der Waals surface area contributed by atoms with Gasteiger partial charge < -0.3 is 9.47 Å². The van der Waals surface area contributed by atoms with E-state index in [0.717, 1.165) is 16.9 Å². The highest BCUT2D eigenvalue weighted by molar-refractivity contribution is 5.53. The Bertz CT molecular complexity index is 532. The molecule has 0 aliphatic carbocycles. The van der Waals surface area contributed by atoms with E-state index in [9.17, 15) is 0 Å². The Kier molecular flexibility index (Phi) is 4.76. The van der Waals surface area contributed by atoms with Crippen LogP contribution < -0.4 is 4.74 Å². The van der Waals surface area contributed by atoms with Crippen LogP contribution in [0.3, 0.4) is 0 Å². The third-order valence-electron chi connectivity index (χ3n) is 2.94. The van der Waals surface area contributed by atoms with Gasteiger partial charge in [-0.1, -0.05) is 49.1 Å². The fourth-order valence-corrected chi connectivity index (χ4v) is 1.89. The maximum Gasteiger partial charge on any atom is 0.119 e. The Balaban J connectivity index is 2.00. The van der Waals surface area contributed by atoms with Crippen molar-refractivity contribution in [3.8, 4) is 5.75 Å². The van der Waals surface area contributed by atoms with Gasteiger partial charge >= 0.3 is 0 Å². The van der Waals surface area contributed by atoms with E-state index in [0.29, 0.717) is 13.2 Å². The average Bonchev–Trinajstić information content (AvgIpc) is 2.48. The molecule has 0 saturated heterocycles. The fraction of sp³-hybridized carbons (Fsp3) is 0.176. The van der Waals surface area contributed by atoms with Crippen LogP contribution in [-0.4, -0.2) is 7.11 Å². The lowest BCUT2D eigenvalue weighted by molar-refractivity contribution is 0.107. The molecule has 2 aromatic rings. The van der Waals surface area contributed by atoms with Gasteiger partial charge in [0.15, 0.2) is 0 Å². The van der Waals surface area contributed by atoms with Crippen molar-refractivity contribution in [1.82, 2.24) is 0 Å². The van der Waals surface area contributed by atoms with E-state index in [1.807, 2.05) is 42.5 Å². The van der Waals surface area contributed by atoms with Crippen molar-refractivity contribution in [2.45, 2.75) is 13.2 Å². The lowest BCUT2D eigenvalue weighted by Gasteiger charge is -2.09. The van der Waals surface area contributed by atoms with Crippen LogP contribution in [0.2, 0.25) is 0 Å². The highest BCUT2D eigenvalue weighted by Gasteiger charge is 2.02. The summed E-state index contributed by atoms with van der Waals surface area (Å²) in [6.07, 6.45) is 1.83. The Morgan fingerprint density at radius 2 is 1.84 bits per heavy atom.